The molecule has 0 atom stereocenters. The van der Waals surface area contributed by atoms with Crippen molar-refractivity contribution in [2.24, 2.45) is 5.92 Å². The van der Waals surface area contributed by atoms with Crippen LogP contribution in [0.25, 0.3) is 0 Å². The van der Waals surface area contributed by atoms with Crippen LogP contribution in [0.1, 0.15) is 32.1 Å². The van der Waals surface area contributed by atoms with Crippen molar-refractivity contribution in [1.82, 2.24) is 4.98 Å². The van der Waals surface area contributed by atoms with Gasteiger partial charge in [-0.05, 0) is 35.8 Å². The molecule has 1 fully saturated rings. The molecule has 0 aromatic carbocycles. The predicted molar refractivity (Wildman–Crippen MR) is 96.3 cm³/mol. The molecule has 0 unspecified atom stereocenters. The summed E-state index contributed by atoms with van der Waals surface area (Å²) in [5, 5.41) is 1.04. The summed E-state index contributed by atoms with van der Waals surface area (Å²) in [5.41, 5.74) is 0. The molecule has 0 saturated carbocycles. The minimum Gasteiger partial charge on any atom is -0.327 e. The minimum absolute atomic E-state index is 0.134. The van der Waals surface area contributed by atoms with E-state index in [0.717, 1.165) is 30.0 Å². The van der Waals surface area contributed by atoms with E-state index in [4.69, 9.17) is 14.2 Å². The summed E-state index contributed by atoms with van der Waals surface area (Å²) in [6, 6.07) is 5.93. The van der Waals surface area contributed by atoms with E-state index in [0.29, 0.717) is 26.1 Å². The number of pyridine rings is 1. The van der Waals surface area contributed by atoms with E-state index in [2.05, 4.69) is 12.1 Å². The molecule has 0 spiro atoms. The van der Waals surface area contributed by atoms with Crippen molar-refractivity contribution in [3.8, 4) is 0 Å². The molecule has 1 aromatic heterocycles. The van der Waals surface area contributed by atoms with Gasteiger partial charge < -0.3 is 9.47 Å². The Kier molecular flexibility index (Phi) is 9.60. The van der Waals surface area contributed by atoms with Crippen LogP contribution in [0.15, 0.2) is 29.4 Å². The van der Waals surface area contributed by atoms with E-state index in [-0.39, 0.29) is 11.7 Å². The van der Waals surface area contributed by atoms with Crippen LogP contribution in [-0.2, 0) is 19.0 Å². The largest absolute Gasteiger partial charge is 0.327 e. The molecule has 0 aliphatic carbocycles. The summed E-state index contributed by atoms with van der Waals surface area (Å²) < 4.78 is 15.3. The predicted octanol–water partition coefficient (Wildman–Crippen LogP) is 4.10. The molecular formula is C17H24NO4S2+. The number of nitrogens with zero attached hydrogens (tertiary/aromatic N) is 1. The number of carbonyl (C=O) groups excluding carboxylic acids is 1. The van der Waals surface area contributed by atoms with Gasteiger partial charge in [0, 0.05) is 30.7 Å². The van der Waals surface area contributed by atoms with E-state index in [9.17, 15) is 4.79 Å². The molecule has 1 aliphatic heterocycles. The van der Waals surface area contributed by atoms with Crippen molar-refractivity contribution in [2.45, 2.75) is 43.6 Å². The third-order valence-electron chi connectivity index (χ3n) is 3.55. The maximum Gasteiger partial charge on any atom is 0.316 e. The highest BCUT2D eigenvalue weighted by molar-refractivity contribution is 8.76. The Hall–Kier alpha value is -0.730. The molecule has 1 aromatic rings. The van der Waals surface area contributed by atoms with E-state index in [1.165, 1.54) is 0 Å². The quantitative estimate of drug-likeness (QED) is 0.330. The summed E-state index contributed by atoms with van der Waals surface area (Å²) in [6.45, 7) is 0.304. The zero-order valence-electron chi connectivity index (χ0n) is 13.7. The number of rotatable bonds is 11. The molecule has 24 heavy (non-hydrogen) atoms. The van der Waals surface area contributed by atoms with Gasteiger partial charge in [-0.25, -0.2) is 4.98 Å². The molecule has 1 saturated heterocycles. The summed E-state index contributed by atoms with van der Waals surface area (Å²) in [7, 11) is 6.78. The zero-order valence-corrected chi connectivity index (χ0v) is 15.4. The normalized spacial score (nSPS) is 20.8. The molecule has 0 N–H and O–H groups in total. The van der Waals surface area contributed by atoms with Gasteiger partial charge in [0.25, 0.3) is 0 Å². The number of ether oxygens (including phenoxy) is 3. The fourth-order valence-corrected chi connectivity index (χ4v) is 4.35. The second-order valence-electron chi connectivity index (χ2n) is 5.61. The Morgan fingerprint density at radius 2 is 2.12 bits per heavy atom. The first-order valence-corrected chi connectivity index (χ1v) is 10.5. The van der Waals surface area contributed by atoms with Crippen LogP contribution in [0.2, 0.25) is 0 Å². The Balaban J connectivity index is 1.43. The van der Waals surface area contributed by atoms with Gasteiger partial charge in [-0.1, -0.05) is 23.3 Å². The van der Waals surface area contributed by atoms with Crippen LogP contribution >= 0.6 is 21.6 Å². The fourth-order valence-electron chi connectivity index (χ4n) is 2.32. The van der Waals surface area contributed by atoms with E-state index >= 15 is 0 Å². The van der Waals surface area contributed by atoms with Gasteiger partial charge in [0.15, 0.2) is 0 Å². The number of unbranched alkanes of at least 4 members (excludes halogenated alkanes) is 2. The molecule has 0 amide bonds. The lowest BCUT2D eigenvalue weighted by Gasteiger charge is -2.25. The van der Waals surface area contributed by atoms with Crippen molar-refractivity contribution in [2.75, 3.05) is 19.0 Å². The Morgan fingerprint density at radius 3 is 2.83 bits per heavy atom. The summed E-state index contributed by atoms with van der Waals surface area (Å²) >= 11 is 0. The third kappa shape index (κ3) is 7.90. The first-order valence-electron chi connectivity index (χ1n) is 8.14. The van der Waals surface area contributed by atoms with Crippen LogP contribution in [0, 0.1) is 13.0 Å². The van der Waals surface area contributed by atoms with Gasteiger partial charge in [-0.2, -0.15) is 0 Å². The molecule has 1 aliphatic rings. The molecular weight excluding hydrogens is 346 g/mol. The number of hydrogen-bond acceptors (Lipinski definition) is 7. The van der Waals surface area contributed by atoms with Gasteiger partial charge in [-0.3, -0.25) is 4.79 Å². The maximum atomic E-state index is 12.0. The highest BCUT2D eigenvalue weighted by atomic mass is 33.1. The summed E-state index contributed by atoms with van der Waals surface area (Å²) in [6.07, 6.45) is 6.13. The molecule has 2 rings (SSSR count). The van der Waals surface area contributed by atoms with E-state index < -0.39 is 6.48 Å². The van der Waals surface area contributed by atoms with Crippen molar-refractivity contribution in [3.05, 3.63) is 31.5 Å². The monoisotopic (exact) mass is 370 g/mol. The lowest BCUT2D eigenvalue weighted by Crippen LogP contribution is -2.33. The zero-order chi connectivity index (χ0) is 17.0. The summed E-state index contributed by atoms with van der Waals surface area (Å²) in [5.74, 6) is 1.50. The number of ketones is 1. The Labute approximate surface area is 151 Å². The van der Waals surface area contributed by atoms with Gasteiger partial charge in [0.1, 0.15) is 10.8 Å². The average Bonchev–Trinajstić information content (AvgIpc) is 2.62. The fraction of sp³-hybridized carbons (Fsp3) is 0.588. The van der Waals surface area contributed by atoms with Crippen LogP contribution in [-0.4, -0.2) is 36.2 Å². The van der Waals surface area contributed by atoms with Gasteiger partial charge in [-0.15, -0.1) is 4.74 Å². The van der Waals surface area contributed by atoms with Crippen LogP contribution in [0.3, 0.4) is 0 Å². The van der Waals surface area contributed by atoms with Crippen LogP contribution < -0.4 is 0 Å². The first kappa shape index (κ1) is 19.6. The lowest BCUT2D eigenvalue weighted by molar-refractivity contribution is -0.304. The molecule has 7 heteroatoms. The Morgan fingerprint density at radius 1 is 1.29 bits per heavy atom. The molecule has 5 nitrogen and oxygen atoms in total. The SMILES string of the molecule is [CH2+]OC1OCC(CC(=O)CCCCCSSc2ccccn2)CO1. The van der Waals surface area contributed by atoms with Crippen LogP contribution in [0.4, 0.5) is 0 Å². The smallest absolute Gasteiger partial charge is 0.316 e. The van der Waals surface area contributed by atoms with Crippen molar-refractivity contribution in [3.63, 3.8) is 0 Å². The van der Waals surface area contributed by atoms with Gasteiger partial charge >= 0.3 is 6.48 Å². The third-order valence-corrected chi connectivity index (χ3v) is 5.91. The standard InChI is InChI=1S/C17H24NO4S2/c1-20-17-21-12-14(13-22-17)11-15(19)7-3-2-6-10-23-24-16-8-4-5-9-18-16/h4-5,8-9,14,17H,1-3,6-7,10-13H2/q+1. The molecule has 0 radical (unpaired) electrons. The van der Waals surface area contributed by atoms with Crippen LogP contribution in [0.5, 0.6) is 0 Å². The van der Waals surface area contributed by atoms with Crippen molar-refractivity contribution < 1.29 is 19.0 Å². The number of Topliss-reactive ketones (excluding diaryl/α,β-unsaturated/α-hetero) is 1. The second-order valence-corrected chi connectivity index (χ2v) is 8.05. The highest BCUT2D eigenvalue weighted by Crippen LogP contribution is 2.29. The minimum atomic E-state index is -0.683. The first-order chi connectivity index (χ1) is 11.8. The Bertz CT molecular complexity index is 467. The molecule has 0 bridgehead atoms. The van der Waals surface area contributed by atoms with Gasteiger partial charge in [0.05, 0.1) is 13.2 Å². The molecule has 2 heterocycles. The second kappa shape index (κ2) is 11.8. The number of hydrogen-bond donors (Lipinski definition) is 0. The average molecular weight is 371 g/mol. The van der Waals surface area contributed by atoms with Gasteiger partial charge in [0.2, 0.25) is 7.11 Å². The molecule has 132 valence electrons. The van der Waals surface area contributed by atoms with Crippen molar-refractivity contribution >= 4 is 27.4 Å². The summed E-state index contributed by atoms with van der Waals surface area (Å²) in [4.78, 5) is 16.2. The van der Waals surface area contributed by atoms with Crippen molar-refractivity contribution in [1.29, 1.82) is 0 Å². The number of carbonyl (C=O) groups is 1. The lowest BCUT2D eigenvalue weighted by atomic mass is 10.0. The highest BCUT2D eigenvalue weighted by Gasteiger charge is 2.25. The van der Waals surface area contributed by atoms with E-state index in [1.807, 2.05) is 35.2 Å². The topological polar surface area (TPSA) is 57.7 Å². The maximum absolute atomic E-state index is 12.0. The number of aromatic nitrogens is 1. The van der Waals surface area contributed by atoms with E-state index in [1.54, 1.807) is 10.8 Å².